The number of carbonyl (C=O) groups excluding carboxylic acids is 6. The van der Waals surface area contributed by atoms with Crippen LogP contribution in [0.1, 0.15) is 46.4 Å². The van der Waals surface area contributed by atoms with E-state index < -0.39 is 35.8 Å². The Morgan fingerprint density at radius 2 is 0.783 bits per heavy atom. The third-order valence-electron chi connectivity index (χ3n) is 5.76. The van der Waals surface area contributed by atoms with E-state index in [1.807, 2.05) is 0 Å². The summed E-state index contributed by atoms with van der Waals surface area (Å²) in [5, 5.41) is 0. The Kier molecular flexibility index (Phi) is 13.4. The van der Waals surface area contributed by atoms with E-state index in [-0.39, 0.29) is 73.0 Å². The van der Waals surface area contributed by atoms with Crippen molar-refractivity contribution in [3.8, 4) is 23.0 Å². The third kappa shape index (κ3) is 11.9. The van der Waals surface area contributed by atoms with Gasteiger partial charge in [-0.15, -0.1) is 0 Å². The zero-order chi connectivity index (χ0) is 33.3. The molecule has 0 heterocycles. The van der Waals surface area contributed by atoms with Crippen LogP contribution in [-0.2, 0) is 28.7 Å². The summed E-state index contributed by atoms with van der Waals surface area (Å²) < 4.78 is 30.7. The van der Waals surface area contributed by atoms with Gasteiger partial charge < -0.3 is 28.4 Å². The molecule has 0 unspecified atom stereocenters. The van der Waals surface area contributed by atoms with Crippen LogP contribution in [0.2, 0.25) is 0 Å². The van der Waals surface area contributed by atoms with Crippen LogP contribution in [-0.4, -0.2) is 49.0 Å². The van der Waals surface area contributed by atoms with Gasteiger partial charge in [0.2, 0.25) is 0 Å². The molecule has 46 heavy (non-hydrogen) atoms. The fourth-order valence-electron chi connectivity index (χ4n) is 3.49. The molecule has 3 aromatic carbocycles. The Bertz CT molecular complexity index is 1440. The average Bonchev–Trinajstić information content (AvgIpc) is 3.06. The lowest BCUT2D eigenvalue weighted by atomic mass is 10.2. The SMILES string of the molecule is C=CC(=O)OCCCC(=O)Oc1ccc(C(=O)Oc2ccc(OC(=O)c3ccc(OC(=O)CCCOC(=O)C=C)cc3)cc2)cc1. The summed E-state index contributed by atoms with van der Waals surface area (Å²) in [4.78, 5) is 70.9. The van der Waals surface area contributed by atoms with Crippen LogP contribution in [0.5, 0.6) is 23.0 Å². The van der Waals surface area contributed by atoms with Gasteiger partial charge in [-0.05, 0) is 85.6 Å². The summed E-state index contributed by atoms with van der Waals surface area (Å²) in [6, 6.07) is 17.3. The molecule has 0 aromatic heterocycles. The Morgan fingerprint density at radius 3 is 1.11 bits per heavy atom. The quantitative estimate of drug-likeness (QED) is 0.0908. The largest absolute Gasteiger partial charge is 0.463 e. The Morgan fingerprint density at radius 1 is 0.478 bits per heavy atom. The monoisotopic (exact) mass is 630 g/mol. The molecule has 12 heteroatoms. The second-order valence-corrected chi connectivity index (χ2v) is 9.20. The number of ether oxygens (including phenoxy) is 6. The highest BCUT2D eigenvalue weighted by molar-refractivity contribution is 5.92. The standard InChI is InChI=1S/C34H30O12/c1-3-29(35)41-21-5-7-31(37)43-25-13-9-23(10-14-25)33(39)45-27-17-19-28(20-18-27)46-34(40)24-11-15-26(16-12-24)44-32(38)8-6-22-42-30(36)4-2/h3-4,9-20H,1-2,5-8,21-22H2. The highest BCUT2D eigenvalue weighted by atomic mass is 16.6. The van der Waals surface area contributed by atoms with Crippen LogP contribution in [0, 0.1) is 0 Å². The van der Waals surface area contributed by atoms with E-state index in [4.69, 9.17) is 28.4 Å². The topological polar surface area (TPSA) is 158 Å². The number of carbonyl (C=O) groups is 6. The molecular formula is C34H30O12. The Hall–Kier alpha value is -6.04. The zero-order valence-electron chi connectivity index (χ0n) is 24.6. The minimum Gasteiger partial charge on any atom is -0.463 e. The van der Waals surface area contributed by atoms with Gasteiger partial charge in [-0.2, -0.15) is 0 Å². The highest BCUT2D eigenvalue weighted by Crippen LogP contribution is 2.22. The number of esters is 6. The van der Waals surface area contributed by atoms with E-state index in [2.05, 4.69) is 13.2 Å². The molecule has 0 aliphatic heterocycles. The minimum absolute atomic E-state index is 0.0310. The van der Waals surface area contributed by atoms with Crippen molar-refractivity contribution in [1.29, 1.82) is 0 Å². The predicted octanol–water partition coefficient (Wildman–Crippen LogP) is 4.95. The molecule has 0 aliphatic rings. The molecule has 0 bridgehead atoms. The second-order valence-electron chi connectivity index (χ2n) is 9.20. The zero-order valence-corrected chi connectivity index (χ0v) is 24.6. The molecule has 0 spiro atoms. The maximum atomic E-state index is 12.5. The molecule has 0 amide bonds. The van der Waals surface area contributed by atoms with Gasteiger partial charge in [-0.25, -0.2) is 19.2 Å². The molecule has 0 aliphatic carbocycles. The lowest BCUT2D eigenvalue weighted by molar-refractivity contribution is -0.140. The van der Waals surface area contributed by atoms with Gasteiger partial charge in [-0.3, -0.25) is 9.59 Å². The van der Waals surface area contributed by atoms with E-state index in [0.29, 0.717) is 0 Å². The molecule has 0 saturated carbocycles. The van der Waals surface area contributed by atoms with Gasteiger partial charge in [0.05, 0.1) is 24.3 Å². The first-order valence-corrected chi connectivity index (χ1v) is 13.9. The van der Waals surface area contributed by atoms with Crippen molar-refractivity contribution in [3.05, 3.63) is 109 Å². The number of hydrogen-bond acceptors (Lipinski definition) is 12. The molecule has 0 N–H and O–H groups in total. The first-order chi connectivity index (χ1) is 22.2. The minimum atomic E-state index is -0.663. The normalized spacial score (nSPS) is 10.1. The molecule has 12 nitrogen and oxygen atoms in total. The fraction of sp³-hybridized carbons (Fsp3) is 0.176. The van der Waals surface area contributed by atoms with Gasteiger partial charge >= 0.3 is 35.8 Å². The number of rotatable bonds is 16. The van der Waals surface area contributed by atoms with Gasteiger partial charge in [-0.1, -0.05) is 13.2 Å². The summed E-state index contributed by atoms with van der Waals surface area (Å²) in [7, 11) is 0. The fourth-order valence-corrected chi connectivity index (χ4v) is 3.49. The smallest absolute Gasteiger partial charge is 0.343 e. The van der Waals surface area contributed by atoms with Crippen molar-refractivity contribution in [2.75, 3.05) is 13.2 Å². The van der Waals surface area contributed by atoms with Crippen molar-refractivity contribution in [3.63, 3.8) is 0 Å². The molecule has 0 fully saturated rings. The first kappa shape index (κ1) is 34.5. The first-order valence-electron chi connectivity index (χ1n) is 13.9. The summed E-state index contributed by atoms with van der Waals surface area (Å²) in [6.07, 6.45) is 2.70. The van der Waals surface area contributed by atoms with Crippen LogP contribution >= 0.6 is 0 Å². The van der Waals surface area contributed by atoms with Crippen LogP contribution < -0.4 is 18.9 Å². The predicted molar refractivity (Wildman–Crippen MR) is 161 cm³/mol. The lowest BCUT2D eigenvalue weighted by Gasteiger charge is -2.08. The third-order valence-corrected chi connectivity index (χ3v) is 5.76. The molecule has 0 radical (unpaired) electrons. The van der Waals surface area contributed by atoms with Crippen molar-refractivity contribution in [1.82, 2.24) is 0 Å². The molecule has 3 rings (SSSR count). The summed E-state index contributed by atoms with van der Waals surface area (Å²) >= 11 is 0. The van der Waals surface area contributed by atoms with E-state index in [1.165, 1.54) is 72.8 Å². The van der Waals surface area contributed by atoms with Crippen molar-refractivity contribution in [2.45, 2.75) is 25.7 Å². The van der Waals surface area contributed by atoms with Gasteiger partial charge in [0.1, 0.15) is 23.0 Å². The maximum Gasteiger partial charge on any atom is 0.343 e. The maximum absolute atomic E-state index is 12.5. The van der Waals surface area contributed by atoms with Crippen molar-refractivity contribution >= 4 is 35.8 Å². The number of benzene rings is 3. The highest BCUT2D eigenvalue weighted by Gasteiger charge is 2.13. The molecule has 0 saturated heterocycles. The Labute approximate surface area is 264 Å². The van der Waals surface area contributed by atoms with E-state index >= 15 is 0 Å². The summed E-state index contributed by atoms with van der Waals surface area (Å²) in [5.41, 5.74) is 0.407. The molecule has 0 atom stereocenters. The van der Waals surface area contributed by atoms with Crippen LogP contribution in [0.4, 0.5) is 0 Å². The molecular weight excluding hydrogens is 600 g/mol. The van der Waals surface area contributed by atoms with Gasteiger partial charge in [0, 0.05) is 25.0 Å². The van der Waals surface area contributed by atoms with E-state index in [0.717, 1.165) is 12.2 Å². The van der Waals surface area contributed by atoms with Gasteiger partial charge in [0.15, 0.2) is 0 Å². The van der Waals surface area contributed by atoms with Crippen LogP contribution in [0.25, 0.3) is 0 Å². The van der Waals surface area contributed by atoms with Crippen molar-refractivity contribution < 1.29 is 57.2 Å². The number of hydrogen-bond donors (Lipinski definition) is 0. The van der Waals surface area contributed by atoms with Gasteiger partial charge in [0.25, 0.3) is 0 Å². The van der Waals surface area contributed by atoms with Crippen LogP contribution in [0.15, 0.2) is 98.1 Å². The van der Waals surface area contributed by atoms with E-state index in [9.17, 15) is 28.8 Å². The second kappa shape index (κ2) is 17.9. The average molecular weight is 631 g/mol. The van der Waals surface area contributed by atoms with E-state index in [1.54, 1.807) is 0 Å². The molecule has 3 aromatic rings. The summed E-state index contributed by atoms with van der Waals surface area (Å²) in [6.45, 7) is 6.68. The van der Waals surface area contributed by atoms with Crippen LogP contribution in [0.3, 0.4) is 0 Å². The van der Waals surface area contributed by atoms with Crippen molar-refractivity contribution in [2.24, 2.45) is 0 Å². The lowest BCUT2D eigenvalue weighted by Crippen LogP contribution is -2.11. The Balaban J connectivity index is 1.42. The molecule has 238 valence electrons. The summed E-state index contributed by atoms with van der Waals surface area (Å²) in [5.74, 6) is -2.67.